The van der Waals surface area contributed by atoms with Crippen molar-refractivity contribution < 1.29 is 23.5 Å². The van der Waals surface area contributed by atoms with Crippen molar-refractivity contribution >= 4 is 74.2 Å². The van der Waals surface area contributed by atoms with Crippen molar-refractivity contribution in [3.8, 4) is 5.75 Å². The van der Waals surface area contributed by atoms with Gasteiger partial charge in [-0.15, -0.1) is 12.4 Å². The summed E-state index contributed by atoms with van der Waals surface area (Å²) in [5, 5.41) is 12.6. The highest BCUT2D eigenvalue weighted by Gasteiger charge is 2.42. The molecule has 0 aliphatic carbocycles. The zero-order valence-corrected chi connectivity index (χ0v) is 27.9. The fraction of sp³-hybridized carbons (Fsp3) is 0.433. The Morgan fingerprint density at radius 2 is 1.91 bits per heavy atom. The monoisotopic (exact) mass is 693 g/mol. The highest BCUT2D eigenvalue weighted by Crippen LogP contribution is 2.38. The molecular weight excluding hydrogens is 657 g/mol. The molecule has 1 fully saturated rings. The molecule has 44 heavy (non-hydrogen) atoms. The van der Waals surface area contributed by atoms with Gasteiger partial charge >= 0.3 is 0 Å². The number of nitrogens with zero attached hydrogens (tertiary/aromatic N) is 3. The van der Waals surface area contributed by atoms with Crippen molar-refractivity contribution in [1.82, 2.24) is 25.9 Å². The highest BCUT2D eigenvalue weighted by atomic mass is 79.9. The minimum Gasteiger partial charge on any atom is -0.494 e. The lowest BCUT2D eigenvalue weighted by atomic mass is 9.85. The van der Waals surface area contributed by atoms with Gasteiger partial charge in [0.1, 0.15) is 29.8 Å². The number of benzene rings is 2. The first-order valence-electron chi connectivity index (χ1n) is 14.0. The smallest absolute Gasteiger partial charge is 0.257 e. The maximum Gasteiger partial charge on any atom is 0.257 e. The minimum absolute atomic E-state index is 0. The molecular formula is C30H38BrClFN7O4. The van der Waals surface area contributed by atoms with Crippen LogP contribution in [0.4, 0.5) is 21.6 Å². The van der Waals surface area contributed by atoms with Gasteiger partial charge in [0.25, 0.3) is 11.8 Å². The Morgan fingerprint density at radius 3 is 2.50 bits per heavy atom. The van der Waals surface area contributed by atoms with E-state index in [-0.39, 0.29) is 29.8 Å². The van der Waals surface area contributed by atoms with Gasteiger partial charge in [-0.2, -0.15) is 0 Å². The Balaban J connectivity index is 0.00000529. The average molecular weight is 695 g/mol. The minimum atomic E-state index is -1.05. The van der Waals surface area contributed by atoms with Gasteiger partial charge < -0.3 is 26.0 Å². The topological polar surface area (TPSA) is 138 Å². The summed E-state index contributed by atoms with van der Waals surface area (Å²) in [6.07, 6.45) is 2.70. The Kier molecular flexibility index (Phi) is 11.6. The number of hydrogen-bond donors (Lipinski definition) is 4. The van der Waals surface area contributed by atoms with Crippen LogP contribution >= 0.6 is 28.3 Å². The Hall–Kier alpha value is -3.39. The van der Waals surface area contributed by atoms with E-state index in [0.717, 1.165) is 11.3 Å². The number of rotatable bonds is 9. The molecule has 1 aromatic heterocycles. The molecule has 4 N–H and O–H groups in total. The third-order valence-corrected chi connectivity index (χ3v) is 8.04. The molecule has 4 rings (SSSR count). The number of likely N-dealkylation sites (N-methyl/N-ethyl adjacent to an activating group) is 1. The lowest BCUT2D eigenvalue weighted by Crippen LogP contribution is -2.60. The molecule has 3 atom stereocenters. The first-order chi connectivity index (χ1) is 20.3. The molecule has 0 saturated carbocycles. The summed E-state index contributed by atoms with van der Waals surface area (Å²) in [7, 11) is 3.09. The second-order valence-corrected chi connectivity index (χ2v) is 12.3. The molecule has 2 heterocycles. The van der Waals surface area contributed by atoms with E-state index < -0.39 is 41.2 Å². The summed E-state index contributed by atoms with van der Waals surface area (Å²) in [4.78, 5) is 51.4. The van der Waals surface area contributed by atoms with Crippen molar-refractivity contribution in [2.24, 2.45) is 5.41 Å². The van der Waals surface area contributed by atoms with E-state index in [1.807, 2.05) is 20.8 Å². The molecule has 1 aliphatic heterocycles. The standard InChI is InChI=1S/C30H37BrFN7O4.ClH/c1-16(33-5)27(40)38-25(30(2,3)4)29(42)39(28(41)21-8-7-11-34-21)23-13-18-22(14-24(23)43-6)35-15-36-26(18)37-20-10-9-17(32)12-19(20)31;/h9-10,12-16,21,25,33-34H,7-8,11H2,1-6H3,(H,38,40)(H,35,36,37);1H/t16-,21-,25+;/m0./s1. The molecule has 14 heteroatoms. The summed E-state index contributed by atoms with van der Waals surface area (Å²) in [5.41, 5.74) is 0.460. The lowest BCUT2D eigenvalue weighted by Gasteiger charge is -2.36. The van der Waals surface area contributed by atoms with Gasteiger partial charge in [0.15, 0.2) is 0 Å². The van der Waals surface area contributed by atoms with Crippen LogP contribution in [-0.2, 0) is 14.4 Å². The fourth-order valence-electron chi connectivity index (χ4n) is 4.80. The first-order valence-corrected chi connectivity index (χ1v) is 14.8. The summed E-state index contributed by atoms with van der Waals surface area (Å²) < 4.78 is 19.9. The van der Waals surface area contributed by atoms with Crippen molar-refractivity contribution in [2.75, 3.05) is 30.9 Å². The molecule has 1 aliphatic rings. The van der Waals surface area contributed by atoms with Gasteiger partial charge in [-0.25, -0.2) is 19.3 Å². The quantitative estimate of drug-likeness (QED) is 0.256. The molecule has 11 nitrogen and oxygen atoms in total. The van der Waals surface area contributed by atoms with Crippen molar-refractivity contribution in [3.63, 3.8) is 0 Å². The van der Waals surface area contributed by atoms with Crippen LogP contribution < -0.4 is 30.9 Å². The Morgan fingerprint density at radius 1 is 1.18 bits per heavy atom. The van der Waals surface area contributed by atoms with Gasteiger partial charge in [-0.3, -0.25) is 14.4 Å². The number of aromatic nitrogens is 2. The van der Waals surface area contributed by atoms with Crippen LogP contribution in [0, 0.1) is 11.2 Å². The summed E-state index contributed by atoms with van der Waals surface area (Å²) in [6, 6.07) is 5.23. The summed E-state index contributed by atoms with van der Waals surface area (Å²) in [5.74, 6) is -1.25. The van der Waals surface area contributed by atoms with Gasteiger partial charge in [0.2, 0.25) is 5.91 Å². The predicted octanol–water partition coefficient (Wildman–Crippen LogP) is 4.46. The number of imide groups is 1. The largest absolute Gasteiger partial charge is 0.494 e. The first kappa shape index (κ1) is 35.1. The van der Waals surface area contributed by atoms with E-state index in [1.54, 1.807) is 32.2 Å². The van der Waals surface area contributed by atoms with Crippen LogP contribution in [0.2, 0.25) is 0 Å². The fourth-order valence-corrected chi connectivity index (χ4v) is 5.25. The third kappa shape index (κ3) is 7.63. The molecule has 0 radical (unpaired) electrons. The molecule has 238 valence electrons. The molecule has 0 unspecified atom stereocenters. The van der Waals surface area contributed by atoms with Crippen LogP contribution in [0.3, 0.4) is 0 Å². The number of hydrogen-bond acceptors (Lipinski definition) is 9. The van der Waals surface area contributed by atoms with Gasteiger partial charge in [0.05, 0.1) is 36.1 Å². The van der Waals surface area contributed by atoms with Crippen LogP contribution in [0.15, 0.2) is 41.1 Å². The van der Waals surface area contributed by atoms with Crippen molar-refractivity contribution in [2.45, 2.75) is 58.7 Å². The highest BCUT2D eigenvalue weighted by molar-refractivity contribution is 9.10. The zero-order chi connectivity index (χ0) is 31.5. The molecule has 0 bridgehead atoms. The second kappa shape index (κ2) is 14.6. The van der Waals surface area contributed by atoms with E-state index >= 15 is 0 Å². The maximum atomic E-state index is 14.5. The molecule has 3 aromatic rings. The van der Waals surface area contributed by atoms with Crippen LogP contribution in [0.1, 0.15) is 40.5 Å². The summed E-state index contributed by atoms with van der Waals surface area (Å²) in [6.45, 7) is 7.80. The van der Waals surface area contributed by atoms with Crippen LogP contribution in [0.25, 0.3) is 10.9 Å². The van der Waals surface area contributed by atoms with Crippen LogP contribution in [-0.4, -0.2) is 66.5 Å². The number of halogens is 3. The zero-order valence-electron chi connectivity index (χ0n) is 25.5. The number of methoxy groups -OCH3 is 1. The number of nitrogens with one attached hydrogen (secondary N) is 4. The number of carbonyl (C=O) groups excluding carboxylic acids is 3. The number of fused-ring (bicyclic) bond motifs is 1. The predicted molar refractivity (Wildman–Crippen MR) is 174 cm³/mol. The van der Waals surface area contributed by atoms with Crippen molar-refractivity contribution in [1.29, 1.82) is 0 Å². The van der Waals surface area contributed by atoms with E-state index in [4.69, 9.17) is 4.74 Å². The Bertz CT molecular complexity index is 1530. The molecule has 3 amide bonds. The lowest BCUT2D eigenvalue weighted by molar-refractivity contribution is -0.134. The number of anilines is 3. The molecule has 2 aromatic carbocycles. The third-order valence-electron chi connectivity index (χ3n) is 7.39. The average Bonchev–Trinajstić information content (AvgIpc) is 3.51. The normalized spacial score (nSPS) is 16.0. The van der Waals surface area contributed by atoms with Gasteiger partial charge in [-0.05, 0) is 79.0 Å². The number of carbonyl (C=O) groups is 3. The van der Waals surface area contributed by atoms with E-state index in [9.17, 15) is 18.8 Å². The van der Waals surface area contributed by atoms with Gasteiger partial charge in [0, 0.05) is 15.9 Å². The molecule has 1 saturated heterocycles. The SMILES string of the molecule is CN[C@@H](C)C(=O)N[C@H](C(=O)N(C(=O)[C@@H]1CCCN1)c1cc2c(Nc3ccc(F)cc3Br)ncnc2cc1OC)C(C)(C)C.Cl. The maximum absolute atomic E-state index is 14.5. The number of amides is 3. The van der Waals surface area contributed by atoms with E-state index in [2.05, 4.69) is 47.2 Å². The molecule has 0 spiro atoms. The summed E-state index contributed by atoms with van der Waals surface area (Å²) >= 11 is 3.36. The Labute approximate surface area is 270 Å². The van der Waals surface area contributed by atoms with Crippen LogP contribution in [0.5, 0.6) is 5.75 Å². The van der Waals surface area contributed by atoms with E-state index in [1.165, 1.54) is 25.6 Å². The van der Waals surface area contributed by atoms with E-state index in [0.29, 0.717) is 39.8 Å². The van der Waals surface area contributed by atoms with Crippen molar-refractivity contribution in [3.05, 3.63) is 46.9 Å². The number of ether oxygens (including phenoxy) is 1. The van der Waals surface area contributed by atoms with Gasteiger partial charge in [-0.1, -0.05) is 20.8 Å². The second-order valence-electron chi connectivity index (χ2n) is 11.5.